The van der Waals surface area contributed by atoms with Crippen molar-refractivity contribution < 1.29 is 13.2 Å². The second-order valence-electron chi connectivity index (χ2n) is 4.21. The number of hydrogen-bond acceptors (Lipinski definition) is 3. The minimum Gasteiger partial charge on any atom is -0.488 e. The standard InChI is InChI=1S/C12H19ClN2O3S/c1-4-10(9-14-19(16,17)15(2)3)18-12-8-6-5-7-11(12)13/h5-8,10,14H,4,9H2,1-3H3/t10-/m0/s1. The molecule has 0 aliphatic rings. The van der Waals surface area contributed by atoms with E-state index in [9.17, 15) is 8.42 Å². The molecule has 0 aliphatic heterocycles. The Morgan fingerprint density at radius 3 is 2.53 bits per heavy atom. The zero-order chi connectivity index (χ0) is 14.5. The van der Waals surface area contributed by atoms with E-state index in [2.05, 4.69) is 4.72 Å². The smallest absolute Gasteiger partial charge is 0.279 e. The number of hydrogen-bond donors (Lipinski definition) is 1. The molecule has 0 saturated carbocycles. The summed E-state index contributed by atoms with van der Waals surface area (Å²) in [6, 6.07) is 7.11. The molecule has 1 rings (SSSR count). The van der Waals surface area contributed by atoms with Crippen molar-refractivity contribution in [2.24, 2.45) is 0 Å². The van der Waals surface area contributed by atoms with Crippen LogP contribution in [0, 0.1) is 0 Å². The Balaban J connectivity index is 2.63. The van der Waals surface area contributed by atoms with E-state index in [1.165, 1.54) is 14.1 Å². The Morgan fingerprint density at radius 1 is 1.37 bits per heavy atom. The molecule has 0 unspecified atom stereocenters. The summed E-state index contributed by atoms with van der Waals surface area (Å²) in [4.78, 5) is 0. The van der Waals surface area contributed by atoms with Crippen LogP contribution in [0.1, 0.15) is 13.3 Å². The van der Waals surface area contributed by atoms with E-state index < -0.39 is 10.2 Å². The number of para-hydroxylation sites is 1. The number of nitrogens with zero attached hydrogens (tertiary/aromatic N) is 1. The maximum Gasteiger partial charge on any atom is 0.279 e. The Labute approximate surface area is 119 Å². The number of nitrogens with one attached hydrogen (secondary N) is 1. The number of ether oxygens (including phenoxy) is 1. The molecule has 0 bridgehead atoms. The first kappa shape index (κ1) is 16.2. The highest BCUT2D eigenvalue weighted by Gasteiger charge is 2.17. The lowest BCUT2D eigenvalue weighted by atomic mass is 10.2. The topological polar surface area (TPSA) is 58.6 Å². The zero-order valence-electron chi connectivity index (χ0n) is 11.3. The molecule has 1 aromatic rings. The van der Waals surface area contributed by atoms with Gasteiger partial charge in [-0.05, 0) is 18.6 Å². The predicted molar refractivity (Wildman–Crippen MR) is 76.8 cm³/mol. The van der Waals surface area contributed by atoms with Crippen LogP contribution in [0.3, 0.4) is 0 Å². The predicted octanol–water partition coefficient (Wildman–Crippen LogP) is 1.89. The monoisotopic (exact) mass is 306 g/mol. The van der Waals surface area contributed by atoms with Crippen molar-refractivity contribution in [1.29, 1.82) is 0 Å². The van der Waals surface area contributed by atoms with Gasteiger partial charge in [0.2, 0.25) is 0 Å². The zero-order valence-corrected chi connectivity index (χ0v) is 12.8. The normalized spacial score (nSPS) is 13.5. The van der Waals surface area contributed by atoms with Crippen molar-refractivity contribution >= 4 is 21.8 Å². The van der Waals surface area contributed by atoms with E-state index in [0.717, 1.165) is 4.31 Å². The fourth-order valence-electron chi connectivity index (χ4n) is 1.32. The van der Waals surface area contributed by atoms with Gasteiger partial charge in [0.25, 0.3) is 10.2 Å². The van der Waals surface area contributed by atoms with Crippen LogP contribution >= 0.6 is 11.6 Å². The second-order valence-corrected chi connectivity index (χ2v) is 6.59. The van der Waals surface area contributed by atoms with Crippen LogP contribution in [0.5, 0.6) is 5.75 Å². The first-order valence-corrected chi connectivity index (χ1v) is 7.77. The van der Waals surface area contributed by atoms with Crippen molar-refractivity contribution in [2.45, 2.75) is 19.4 Å². The molecule has 7 heteroatoms. The number of rotatable bonds is 7. The molecule has 1 N–H and O–H groups in total. The van der Waals surface area contributed by atoms with Gasteiger partial charge in [-0.2, -0.15) is 17.4 Å². The summed E-state index contributed by atoms with van der Waals surface area (Å²) in [7, 11) is -0.495. The van der Waals surface area contributed by atoms with Gasteiger partial charge < -0.3 is 4.74 Å². The van der Waals surface area contributed by atoms with Gasteiger partial charge in [0.1, 0.15) is 11.9 Å². The summed E-state index contributed by atoms with van der Waals surface area (Å²) in [5.41, 5.74) is 0. The van der Waals surface area contributed by atoms with Crippen LogP contribution in [0.2, 0.25) is 5.02 Å². The van der Waals surface area contributed by atoms with E-state index >= 15 is 0 Å². The summed E-state index contributed by atoms with van der Waals surface area (Å²) in [5, 5.41) is 0.511. The largest absolute Gasteiger partial charge is 0.488 e. The maximum atomic E-state index is 11.6. The molecule has 0 amide bonds. The minimum atomic E-state index is -3.44. The fraction of sp³-hybridized carbons (Fsp3) is 0.500. The van der Waals surface area contributed by atoms with Crippen molar-refractivity contribution in [2.75, 3.05) is 20.6 Å². The highest BCUT2D eigenvalue weighted by molar-refractivity contribution is 7.87. The summed E-state index contributed by atoms with van der Waals surface area (Å²) < 4.78 is 32.5. The van der Waals surface area contributed by atoms with Crippen molar-refractivity contribution in [3.05, 3.63) is 29.3 Å². The molecule has 0 aromatic heterocycles. The fourth-order valence-corrected chi connectivity index (χ4v) is 2.15. The van der Waals surface area contributed by atoms with Crippen LogP contribution in [0.4, 0.5) is 0 Å². The molecular formula is C12H19ClN2O3S. The van der Waals surface area contributed by atoms with E-state index in [1.807, 2.05) is 19.1 Å². The van der Waals surface area contributed by atoms with E-state index in [0.29, 0.717) is 17.2 Å². The molecule has 5 nitrogen and oxygen atoms in total. The lowest BCUT2D eigenvalue weighted by molar-refractivity contribution is 0.200. The molecule has 108 valence electrons. The third-order valence-electron chi connectivity index (χ3n) is 2.56. The van der Waals surface area contributed by atoms with Gasteiger partial charge in [-0.1, -0.05) is 30.7 Å². The van der Waals surface area contributed by atoms with Crippen molar-refractivity contribution in [3.63, 3.8) is 0 Å². The number of benzene rings is 1. The van der Waals surface area contributed by atoms with Gasteiger partial charge >= 0.3 is 0 Å². The average Bonchev–Trinajstić information content (AvgIpc) is 2.36. The summed E-state index contributed by atoms with van der Waals surface area (Å²) in [6.07, 6.45) is 0.399. The van der Waals surface area contributed by atoms with Crippen molar-refractivity contribution in [3.8, 4) is 5.75 Å². The lowest BCUT2D eigenvalue weighted by Crippen LogP contribution is -2.41. The van der Waals surface area contributed by atoms with Gasteiger partial charge in [-0.15, -0.1) is 0 Å². The molecule has 0 heterocycles. The van der Waals surface area contributed by atoms with Crippen LogP contribution in [-0.2, 0) is 10.2 Å². The van der Waals surface area contributed by atoms with Crippen LogP contribution in [0.15, 0.2) is 24.3 Å². The summed E-state index contributed by atoms with van der Waals surface area (Å²) in [5.74, 6) is 0.556. The first-order valence-electron chi connectivity index (χ1n) is 5.95. The third-order valence-corrected chi connectivity index (χ3v) is 4.36. The molecule has 1 atom stereocenters. The quantitative estimate of drug-likeness (QED) is 0.837. The average molecular weight is 307 g/mol. The molecule has 19 heavy (non-hydrogen) atoms. The van der Waals surface area contributed by atoms with Gasteiger partial charge in [0.15, 0.2) is 0 Å². The van der Waals surface area contributed by atoms with Crippen LogP contribution in [0.25, 0.3) is 0 Å². The molecule has 0 spiro atoms. The van der Waals surface area contributed by atoms with E-state index in [-0.39, 0.29) is 12.6 Å². The van der Waals surface area contributed by atoms with Gasteiger partial charge in [-0.25, -0.2) is 0 Å². The Hall–Kier alpha value is -0.820. The van der Waals surface area contributed by atoms with Crippen molar-refractivity contribution in [1.82, 2.24) is 9.03 Å². The first-order chi connectivity index (χ1) is 8.86. The Kier molecular flexibility index (Phi) is 6.06. The lowest BCUT2D eigenvalue weighted by Gasteiger charge is -2.20. The van der Waals surface area contributed by atoms with Gasteiger partial charge in [0, 0.05) is 20.6 Å². The number of halogens is 1. The van der Waals surface area contributed by atoms with Crippen LogP contribution in [-0.4, -0.2) is 39.5 Å². The third kappa shape index (κ3) is 4.99. The van der Waals surface area contributed by atoms with Gasteiger partial charge in [0.05, 0.1) is 5.02 Å². The minimum absolute atomic E-state index is 0.197. The highest BCUT2D eigenvalue weighted by Crippen LogP contribution is 2.24. The Bertz CT molecular complexity index is 505. The highest BCUT2D eigenvalue weighted by atomic mass is 35.5. The van der Waals surface area contributed by atoms with E-state index in [4.69, 9.17) is 16.3 Å². The van der Waals surface area contributed by atoms with Gasteiger partial charge in [-0.3, -0.25) is 0 Å². The van der Waals surface area contributed by atoms with Crippen LogP contribution < -0.4 is 9.46 Å². The molecule has 1 aromatic carbocycles. The Morgan fingerprint density at radius 2 is 2.00 bits per heavy atom. The summed E-state index contributed by atoms with van der Waals surface area (Å²) in [6.45, 7) is 2.12. The molecule has 0 saturated heterocycles. The molecule has 0 radical (unpaired) electrons. The molecule has 0 fully saturated rings. The van der Waals surface area contributed by atoms with E-state index in [1.54, 1.807) is 12.1 Å². The SMILES string of the molecule is CC[C@@H](CNS(=O)(=O)N(C)C)Oc1ccccc1Cl. The molecule has 0 aliphatic carbocycles. The second kappa shape index (κ2) is 7.09. The summed E-state index contributed by atoms with van der Waals surface area (Å²) >= 11 is 5.99. The maximum absolute atomic E-state index is 11.6. The molecular weight excluding hydrogens is 288 g/mol.